The van der Waals surface area contributed by atoms with Crippen molar-refractivity contribution >= 4 is 5.97 Å². The number of hydrogen-bond acceptors (Lipinski definition) is 4. The van der Waals surface area contributed by atoms with Gasteiger partial charge in [-0.05, 0) is 13.3 Å². The van der Waals surface area contributed by atoms with E-state index in [1.165, 1.54) is 0 Å². The van der Waals surface area contributed by atoms with Gasteiger partial charge in [0.15, 0.2) is 0 Å². The first-order chi connectivity index (χ1) is 7.15. The molecule has 0 aliphatic heterocycles. The Kier molecular flexibility index (Phi) is 4.23. The van der Waals surface area contributed by atoms with Crippen LogP contribution in [-0.4, -0.2) is 37.8 Å². The fraction of sp³-hybridized carbons (Fsp3) is 0.667. The third-order valence-electron chi connectivity index (χ3n) is 2.18. The summed E-state index contributed by atoms with van der Waals surface area (Å²) >= 11 is 0. The van der Waals surface area contributed by atoms with Gasteiger partial charge in [0, 0.05) is 19.6 Å². The number of aliphatic hydroxyl groups excluding tert-OH is 1. The van der Waals surface area contributed by atoms with Crippen molar-refractivity contribution in [1.82, 2.24) is 15.0 Å². The lowest BCUT2D eigenvalue weighted by atomic mass is 10.2. The van der Waals surface area contributed by atoms with Gasteiger partial charge in [-0.15, -0.1) is 5.10 Å². The summed E-state index contributed by atoms with van der Waals surface area (Å²) in [5.41, 5.74) is 1.60. The van der Waals surface area contributed by atoms with E-state index in [-0.39, 0.29) is 13.0 Å². The lowest BCUT2D eigenvalue weighted by Gasteiger charge is -2.01. The topological polar surface area (TPSA) is 88.2 Å². The minimum absolute atomic E-state index is 0.0690. The number of hydrogen-bond donors (Lipinski definition) is 2. The fourth-order valence-corrected chi connectivity index (χ4v) is 1.29. The molecule has 6 nitrogen and oxygen atoms in total. The zero-order chi connectivity index (χ0) is 11.3. The predicted octanol–water partition coefficient (Wildman–Crippen LogP) is -0.0139. The molecule has 0 amide bonds. The highest BCUT2D eigenvalue weighted by Crippen LogP contribution is 2.06. The van der Waals surface area contributed by atoms with Crippen molar-refractivity contribution in [2.75, 3.05) is 6.61 Å². The van der Waals surface area contributed by atoms with E-state index in [2.05, 4.69) is 10.3 Å². The van der Waals surface area contributed by atoms with Crippen molar-refractivity contribution < 1.29 is 15.0 Å². The van der Waals surface area contributed by atoms with Crippen LogP contribution in [0.15, 0.2) is 0 Å². The van der Waals surface area contributed by atoms with Gasteiger partial charge in [-0.1, -0.05) is 5.21 Å². The maximum absolute atomic E-state index is 10.4. The molecule has 0 fully saturated rings. The first-order valence-electron chi connectivity index (χ1n) is 4.86. The van der Waals surface area contributed by atoms with Crippen molar-refractivity contribution in [2.45, 2.75) is 32.7 Å². The SMILES string of the molecule is Cc1c(CCC(=O)O)nnn1CCCO. The largest absolute Gasteiger partial charge is 0.481 e. The molecule has 0 spiro atoms. The summed E-state index contributed by atoms with van der Waals surface area (Å²) in [5, 5.41) is 25.0. The Labute approximate surface area is 87.5 Å². The van der Waals surface area contributed by atoms with Crippen LogP contribution in [0, 0.1) is 6.92 Å². The zero-order valence-electron chi connectivity index (χ0n) is 8.68. The Bertz CT molecular complexity index is 335. The minimum Gasteiger partial charge on any atom is -0.481 e. The summed E-state index contributed by atoms with van der Waals surface area (Å²) in [7, 11) is 0. The number of carboxylic acids is 1. The van der Waals surface area contributed by atoms with Gasteiger partial charge in [-0.25, -0.2) is 4.68 Å². The summed E-state index contributed by atoms with van der Waals surface area (Å²) in [5.74, 6) is -0.834. The van der Waals surface area contributed by atoms with Gasteiger partial charge in [0.2, 0.25) is 0 Å². The van der Waals surface area contributed by atoms with Crippen LogP contribution in [0.5, 0.6) is 0 Å². The molecule has 84 valence electrons. The monoisotopic (exact) mass is 213 g/mol. The molecular formula is C9H15N3O3. The molecule has 15 heavy (non-hydrogen) atoms. The molecule has 0 saturated heterocycles. The van der Waals surface area contributed by atoms with Crippen LogP contribution in [0.3, 0.4) is 0 Å². The van der Waals surface area contributed by atoms with Crippen LogP contribution in [0.2, 0.25) is 0 Å². The summed E-state index contributed by atoms with van der Waals surface area (Å²) in [4.78, 5) is 10.4. The van der Waals surface area contributed by atoms with E-state index in [4.69, 9.17) is 10.2 Å². The Morgan fingerprint density at radius 3 is 2.87 bits per heavy atom. The molecule has 1 rings (SSSR count). The van der Waals surface area contributed by atoms with Gasteiger partial charge in [0.25, 0.3) is 0 Å². The van der Waals surface area contributed by atoms with Crippen LogP contribution in [0.1, 0.15) is 24.2 Å². The molecule has 0 unspecified atom stereocenters. The van der Waals surface area contributed by atoms with Gasteiger partial charge in [0.1, 0.15) is 0 Å². The van der Waals surface area contributed by atoms with E-state index in [1.54, 1.807) is 4.68 Å². The second-order valence-corrected chi connectivity index (χ2v) is 3.32. The van der Waals surface area contributed by atoms with Crippen LogP contribution < -0.4 is 0 Å². The molecule has 0 saturated carbocycles. The first-order valence-corrected chi connectivity index (χ1v) is 4.86. The summed E-state index contributed by atoms with van der Waals surface area (Å²) in [6.07, 6.45) is 1.10. The molecule has 1 aromatic rings. The molecule has 1 heterocycles. The smallest absolute Gasteiger partial charge is 0.303 e. The van der Waals surface area contributed by atoms with Crippen LogP contribution >= 0.6 is 0 Å². The molecule has 0 atom stereocenters. The molecule has 0 aliphatic rings. The highest BCUT2D eigenvalue weighted by molar-refractivity contribution is 5.66. The molecule has 0 aliphatic carbocycles. The highest BCUT2D eigenvalue weighted by atomic mass is 16.4. The average Bonchev–Trinajstić information content (AvgIpc) is 2.54. The second-order valence-electron chi connectivity index (χ2n) is 3.32. The molecule has 0 aromatic carbocycles. The summed E-state index contributed by atoms with van der Waals surface area (Å²) < 4.78 is 1.69. The molecule has 1 aromatic heterocycles. The third-order valence-corrected chi connectivity index (χ3v) is 2.18. The van der Waals surface area contributed by atoms with Crippen LogP contribution in [0.4, 0.5) is 0 Å². The maximum atomic E-state index is 10.4. The Balaban J connectivity index is 2.58. The van der Waals surface area contributed by atoms with Crippen molar-refractivity contribution in [3.8, 4) is 0 Å². The van der Waals surface area contributed by atoms with Crippen molar-refractivity contribution in [3.05, 3.63) is 11.4 Å². The lowest BCUT2D eigenvalue weighted by molar-refractivity contribution is -0.136. The molecule has 0 bridgehead atoms. The average molecular weight is 213 g/mol. The van der Waals surface area contributed by atoms with E-state index in [9.17, 15) is 4.79 Å². The molecular weight excluding hydrogens is 198 g/mol. The number of aromatic nitrogens is 3. The van der Waals surface area contributed by atoms with Crippen LogP contribution in [-0.2, 0) is 17.8 Å². The van der Waals surface area contributed by atoms with E-state index < -0.39 is 5.97 Å². The van der Waals surface area contributed by atoms with Crippen molar-refractivity contribution in [3.63, 3.8) is 0 Å². The number of rotatable bonds is 6. The number of aliphatic carboxylic acids is 1. The third kappa shape index (κ3) is 3.32. The van der Waals surface area contributed by atoms with Gasteiger partial charge >= 0.3 is 5.97 Å². The Morgan fingerprint density at radius 1 is 1.53 bits per heavy atom. The first kappa shape index (κ1) is 11.6. The Hall–Kier alpha value is -1.43. The summed E-state index contributed by atoms with van der Waals surface area (Å²) in [6, 6.07) is 0. The fourth-order valence-electron chi connectivity index (χ4n) is 1.29. The van der Waals surface area contributed by atoms with Gasteiger partial charge in [-0.3, -0.25) is 4.79 Å². The van der Waals surface area contributed by atoms with E-state index in [1.807, 2.05) is 6.92 Å². The molecule has 0 radical (unpaired) electrons. The Morgan fingerprint density at radius 2 is 2.27 bits per heavy atom. The highest BCUT2D eigenvalue weighted by Gasteiger charge is 2.09. The molecule has 6 heteroatoms. The number of carboxylic acid groups (broad SMARTS) is 1. The van der Waals surface area contributed by atoms with Gasteiger partial charge < -0.3 is 10.2 Å². The lowest BCUT2D eigenvalue weighted by Crippen LogP contribution is -2.05. The van der Waals surface area contributed by atoms with E-state index in [0.717, 1.165) is 11.4 Å². The predicted molar refractivity (Wildman–Crippen MR) is 52.4 cm³/mol. The standard InChI is InChI=1S/C9H15N3O3/c1-7-8(3-4-9(14)15)10-11-12(7)5-2-6-13/h13H,2-6H2,1H3,(H,14,15). The zero-order valence-corrected chi connectivity index (χ0v) is 8.68. The number of aryl methyl sites for hydroxylation is 2. The van der Waals surface area contributed by atoms with Gasteiger partial charge in [-0.2, -0.15) is 0 Å². The van der Waals surface area contributed by atoms with Gasteiger partial charge in [0.05, 0.1) is 17.8 Å². The maximum Gasteiger partial charge on any atom is 0.303 e. The normalized spacial score (nSPS) is 10.5. The minimum atomic E-state index is -0.834. The quantitative estimate of drug-likeness (QED) is 0.693. The van der Waals surface area contributed by atoms with E-state index in [0.29, 0.717) is 19.4 Å². The van der Waals surface area contributed by atoms with Crippen molar-refractivity contribution in [2.24, 2.45) is 0 Å². The molecule has 2 N–H and O–H groups in total. The van der Waals surface area contributed by atoms with Crippen LogP contribution in [0.25, 0.3) is 0 Å². The van der Waals surface area contributed by atoms with Crippen molar-refractivity contribution in [1.29, 1.82) is 0 Å². The number of carbonyl (C=O) groups is 1. The second kappa shape index (κ2) is 5.45. The number of nitrogens with zero attached hydrogens (tertiary/aromatic N) is 3. The van der Waals surface area contributed by atoms with E-state index >= 15 is 0 Å². The summed E-state index contributed by atoms with van der Waals surface area (Å²) in [6.45, 7) is 2.58. The number of aliphatic hydroxyl groups is 1.